The first-order chi connectivity index (χ1) is 8.37. The quantitative estimate of drug-likeness (QED) is 0.776. The van der Waals surface area contributed by atoms with E-state index in [2.05, 4.69) is 5.32 Å². The molecule has 1 aromatic carbocycles. The lowest BCUT2D eigenvalue weighted by molar-refractivity contribution is -0.153. The predicted octanol–water partition coefficient (Wildman–Crippen LogP) is 1.42. The minimum Gasteiger partial charge on any atom is -0.497 e. The number of methoxy groups -OCH3 is 1. The fraction of sp³-hybridized carbons (Fsp3) is 0.385. The molecule has 5 nitrogen and oxygen atoms in total. The van der Waals surface area contributed by atoms with E-state index in [-0.39, 0.29) is 0 Å². The minimum atomic E-state index is -1.42. The Morgan fingerprint density at radius 2 is 1.83 bits per heavy atom. The van der Waals surface area contributed by atoms with Gasteiger partial charge in [-0.25, -0.2) is 0 Å². The highest BCUT2D eigenvalue weighted by atomic mass is 16.5. The van der Waals surface area contributed by atoms with Crippen molar-refractivity contribution >= 4 is 11.9 Å². The zero-order valence-electron chi connectivity index (χ0n) is 10.7. The zero-order valence-corrected chi connectivity index (χ0v) is 10.7. The van der Waals surface area contributed by atoms with Crippen molar-refractivity contribution in [3.63, 3.8) is 0 Å². The number of benzene rings is 1. The van der Waals surface area contributed by atoms with Crippen molar-refractivity contribution < 1.29 is 19.4 Å². The molecule has 0 atom stereocenters. The van der Waals surface area contributed by atoms with Crippen molar-refractivity contribution in [1.82, 2.24) is 5.32 Å². The molecule has 0 fully saturated rings. The topological polar surface area (TPSA) is 75.6 Å². The van der Waals surface area contributed by atoms with Crippen LogP contribution < -0.4 is 10.1 Å². The van der Waals surface area contributed by atoms with E-state index in [4.69, 9.17) is 9.84 Å². The SMILES string of the molecule is COc1ccc(CNC(=O)C(C)(C)C(=O)O)cc1. The second kappa shape index (κ2) is 5.53. The lowest BCUT2D eigenvalue weighted by Crippen LogP contribution is -2.41. The molecule has 0 aromatic heterocycles. The van der Waals surface area contributed by atoms with Crippen LogP contribution in [0.25, 0.3) is 0 Å². The lowest BCUT2D eigenvalue weighted by atomic mass is 9.92. The Morgan fingerprint density at radius 3 is 2.28 bits per heavy atom. The molecule has 1 amide bonds. The third kappa shape index (κ3) is 3.23. The van der Waals surface area contributed by atoms with Crippen LogP contribution in [0.2, 0.25) is 0 Å². The van der Waals surface area contributed by atoms with E-state index in [1.165, 1.54) is 13.8 Å². The lowest BCUT2D eigenvalue weighted by Gasteiger charge is -2.18. The van der Waals surface area contributed by atoms with Gasteiger partial charge in [0, 0.05) is 6.54 Å². The molecule has 2 N–H and O–H groups in total. The molecule has 98 valence electrons. The van der Waals surface area contributed by atoms with Crippen LogP contribution >= 0.6 is 0 Å². The van der Waals surface area contributed by atoms with Crippen molar-refractivity contribution in [1.29, 1.82) is 0 Å². The highest BCUT2D eigenvalue weighted by Gasteiger charge is 2.35. The Morgan fingerprint density at radius 1 is 1.28 bits per heavy atom. The molecule has 0 saturated heterocycles. The maximum absolute atomic E-state index is 11.7. The van der Waals surface area contributed by atoms with Crippen LogP contribution in [0.15, 0.2) is 24.3 Å². The molecule has 0 aliphatic carbocycles. The number of amides is 1. The molecule has 5 heteroatoms. The van der Waals surface area contributed by atoms with Crippen molar-refractivity contribution in [2.75, 3.05) is 7.11 Å². The largest absolute Gasteiger partial charge is 0.497 e. The Kier molecular flexibility index (Phi) is 4.31. The van der Waals surface area contributed by atoms with E-state index in [1.54, 1.807) is 19.2 Å². The van der Waals surface area contributed by atoms with Crippen LogP contribution in [0, 0.1) is 5.41 Å². The van der Waals surface area contributed by atoms with Gasteiger partial charge in [0.25, 0.3) is 0 Å². The Bertz CT molecular complexity index is 437. The number of nitrogens with one attached hydrogen (secondary N) is 1. The van der Waals surface area contributed by atoms with E-state index in [9.17, 15) is 9.59 Å². The minimum absolute atomic E-state index is 0.291. The molecule has 0 spiro atoms. The van der Waals surface area contributed by atoms with Crippen LogP contribution in [0.4, 0.5) is 0 Å². The van der Waals surface area contributed by atoms with Gasteiger partial charge in [0.15, 0.2) is 0 Å². The summed E-state index contributed by atoms with van der Waals surface area (Å²) in [5, 5.41) is 11.5. The molecule has 1 rings (SSSR count). The summed E-state index contributed by atoms with van der Waals surface area (Å²) in [5.41, 5.74) is -0.544. The zero-order chi connectivity index (χ0) is 13.8. The first-order valence-corrected chi connectivity index (χ1v) is 5.52. The van der Waals surface area contributed by atoms with Crippen molar-refractivity contribution in [3.05, 3.63) is 29.8 Å². The number of carboxylic acids is 1. The summed E-state index contributed by atoms with van der Waals surface area (Å²) in [6, 6.07) is 7.19. The standard InChI is InChI=1S/C13H17NO4/c1-13(2,12(16)17)11(15)14-8-9-4-6-10(18-3)7-5-9/h4-7H,8H2,1-3H3,(H,14,15)(H,16,17). The normalized spacial score (nSPS) is 10.8. The number of carbonyl (C=O) groups excluding carboxylic acids is 1. The van der Waals surface area contributed by atoms with Crippen LogP contribution in [0.1, 0.15) is 19.4 Å². The van der Waals surface area contributed by atoms with E-state index >= 15 is 0 Å². The van der Waals surface area contributed by atoms with Gasteiger partial charge in [-0.1, -0.05) is 12.1 Å². The van der Waals surface area contributed by atoms with E-state index in [0.717, 1.165) is 11.3 Å². The number of aliphatic carboxylic acids is 1. The van der Waals surface area contributed by atoms with Crippen LogP contribution in [-0.2, 0) is 16.1 Å². The first-order valence-electron chi connectivity index (χ1n) is 5.52. The number of carbonyl (C=O) groups is 2. The number of hydrogen-bond donors (Lipinski definition) is 2. The summed E-state index contributed by atoms with van der Waals surface area (Å²) in [6.45, 7) is 3.04. The molecule has 0 saturated carbocycles. The van der Waals surface area contributed by atoms with Gasteiger partial charge in [-0.15, -0.1) is 0 Å². The van der Waals surface area contributed by atoms with Crippen LogP contribution in [-0.4, -0.2) is 24.1 Å². The van der Waals surface area contributed by atoms with Crippen LogP contribution in [0.3, 0.4) is 0 Å². The monoisotopic (exact) mass is 251 g/mol. The Balaban J connectivity index is 2.60. The Labute approximate surface area is 106 Å². The average Bonchev–Trinajstić information content (AvgIpc) is 2.36. The summed E-state index contributed by atoms with van der Waals surface area (Å²) in [6.07, 6.45) is 0. The Hall–Kier alpha value is -2.04. The summed E-state index contributed by atoms with van der Waals surface area (Å²) >= 11 is 0. The van der Waals surface area contributed by atoms with Crippen molar-refractivity contribution in [3.8, 4) is 5.75 Å². The summed E-state index contributed by atoms with van der Waals surface area (Å²) < 4.78 is 5.02. The molecule has 0 unspecified atom stereocenters. The second-order valence-electron chi connectivity index (χ2n) is 4.46. The number of carboxylic acid groups (broad SMARTS) is 1. The molecular weight excluding hydrogens is 234 g/mol. The number of rotatable bonds is 5. The van der Waals surface area contributed by atoms with Crippen LogP contribution in [0.5, 0.6) is 5.75 Å². The van der Waals surface area contributed by atoms with E-state index in [0.29, 0.717) is 6.54 Å². The van der Waals surface area contributed by atoms with Gasteiger partial charge in [-0.05, 0) is 31.5 Å². The molecular formula is C13H17NO4. The molecule has 0 aliphatic heterocycles. The fourth-order valence-electron chi connectivity index (χ4n) is 1.24. The van der Waals surface area contributed by atoms with Gasteiger partial charge in [0.1, 0.15) is 11.2 Å². The molecule has 1 aromatic rings. The number of hydrogen-bond acceptors (Lipinski definition) is 3. The molecule has 0 heterocycles. The maximum Gasteiger partial charge on any atom is 0.318 e. The predicted molar refractivity (Wildman–Crippen MR) is 66.3 cm³/mol. The highest BCUT2D eigenvalue weighted by Crippen LogP contribution is 2.16. The van der Waals surface area contributed by atoms with E-state index < -0.39 is 17.3 Å². The average molecular weight is 251 g/mol. The van der Waals surface area contributed by atoms with E-state index in [1.807, 2.05) is 12.1 Å². The fourth-order valence-corrected chi connectivity index (χ4v) is 1.24. The van der Waals surface area contributed by atoms with Gasteiger partial charge in [-0.3, -0.25) is 9.59 Å². The van der Waals surface area contributed by atoms with Gasteiger partial charge in [-0.2, -0.15) is 0 Å². The first kappa shape index (κ1) is 14.0. The molecule has 18 heavy (non-hydrogen) atoms. The summed E-state index contributed by atoms with van der Waals surface area (Å²) in [4.78, 5) is 22.6. The van der Waals surface area contributed by atoms with Gasteiger partial charge in [0.05, 0.1) is 7.11 Å². The third-order valence-electron chi connectivity index (χ3n) is 2.71. The summed E-state index contributed by atoms with van der Waals surface area (Å²) in [5.74, 6) is -0.920. The van der Waals surface area contributed by atoms with Crippen molar-refractivity contribution in [2.45, 2.75) is 20.4 Å². The second-order valence-corrected chi connectivity index (χ2v) is 4.46. The third-order valence-corrected chi connectivity index (χ3v) is 2.71. The molecule has 0 radical (unpaired) electrons. The van der Waals surface area contributed by atoms with Gasteiger partial charge >= 0.3 is 5.97 Å². The molecule has 0 bridgehead atoms. The van der Waals surface area contributed by atoms with Crippen molar-refractivity contribution in [2.24, 2.45) is 5.41 Å². The molecule has 0 aliphatic rings. The smallest absolute Gasteiger partial charge is 0.318 e. The number of ether oxygens (including phenoxy) is 1. The summed E-state index contributed by atoms with van der Waals surface area (Å²) in [7, 11) is 1.58. The van der Waals surface area contributed by atoms with Gasteiger partial charge < -0.3 is 15.2 Å². The maximum atomic E-state index is 11.7. The highest BCUT2D eigenvalue weighted by molar-refractivity contribution is 6.00. The van der Waals surface area contributed by atoms with Gasteiger partial charge in [0.2, 0.25) is 5.91 Å².